The van der Waals surface area contributed by atoms with Crippen molar-refractivity contribution in [2.75, 3.05) is 42.5 Å². The molecule has 0 saturated carbocycles. The molecule has 1 N–H and O–H groups in total. The summed E-state index contributed by atoms with van der Waals surface area (Å²) in [5, 5.41) is 3.67. The number of hydrogen-bond acceptors (Lipinski definition) is 3. The van der Waals surface area contributed by atoms with Crippen LogP contribution in [0.3, 0.4) is 0 Å². The molecule has 3 heteroatoms. The van der Waals surface area contributed by atoms with Gasteiger partial charge in [-0.3, -0.25) is 0 Å². The van der Waals surface area contributed by atoms with E-state index in [9.17, 15) is 0 Å². The summed E-state index contributed by atoms with van der Waals surface area (Å²) in [6.07, 6.45) is 2.68. The summed E-state index contributed by atoms with van der Waals surface area (Å²) >= 11 is 0. The molecule has 1 unspecified atom stereocenters. The van der Waals surface area contributed by atoms with Gasteiger partial charge in [0.15, 0.2) is 0 Å². The summed E-state index contributed by atoms with van der Waals surface area (Å²) in [5.41, 5.74) is 3.07. The van der Waals surface area contributed by atoms with Crippen molar-refractivity contribution in [3.8, 4) is 0 Å². The van der Waals surface area contributed by atoms with Gasteiger partial charge in [0.05, 0.1) is 0 Å². The molecule has 0 radical (unpaired) electrons. The SMILES string of the molecule is CC(C)(C)C1CN(c2ccc(N3CCCC3)cc2)CCN1. The van der Waals surface area contributed by atoms with Crippen molar-refractivity contribution in [1.29, 1.82) is 0 Å². The van der Waals surface area contributed by atoms with E-state index in [-0.39, 0.29) is 0 Å². The van der Waals surface area contributed by atoms with Crippen LogP contribution < -0.4 is 15.1 Å². The molecular weight excluding hydrogens is 258 g/mol. The fourth-order valence-electron chi connectivity index (χ4n) is 3.41. The van der Waals surface area contributed by atoms with Crippen LogP contribution in [-0.2, 0) is 0 Å². The smallest absolute Gasteiger partial charge is 0.0368 e. The number of hydrogen-bond donors (Lipinski definition) is 1. The molecular formula is C18H29N3. The Hall–Kier alpha value is -1.22. The summed E-state index contributed by atoms with van der Waals surface area (Å²) in [7, 11) is 0. The molecule has 116 valence electrons. The van der Waals surface area contributed by atoms with Crippen LogP contribution in [0.2, 0.25) is 0 Å². The Morgan fingerprint density at radius 2 is 1.48 bits per heavy atom. The predicted molar refractivity (Wildman–Crippen MR) is 91.3 cm³/mol. The average Bonchev–Trinajstić information content (AvgIpc) is 3.01. The first-order valence-electron chi connectivity index (χ1n) is 8.37. The minimum absolute atomic E-state index is 0.314. The number of benzene rings is 1. The first-order chi connectivity index (χ1) is 10.0. The van der Waals surface area contributed by atoms with Crippen LogP contribution in [0.25, 0.3) is 0 Å². The second kappa shape index (κ2) is 5.88. The molecule has 2 aliphatic heterocycles. The molecule has 2 fully saturated rings. The third kappa shape index (κ3) is 3.34. The van der Waals surface area contributed by atoms with Crippen molar-refractivity contribution in [2.24, 2.45) is 5.41 Å². The summed E-state index contributed by atoms with van der Waals surface area (Å²) in [6.45, 7) is 12.7. The van der Waals surface area contributed by atoms with Crippen LogP contribution >= 0.6 is 0 Å². The third-order valence-corrected chi connectivity index (χ3v) is 4.91. The standard InChI is InChI=1S/C18H29N3/c1-18(2,3)17-14-21(13-10-19-17)16-8-6-15(7-9-16)20-11-4-5-12-20/h6-9,17,19H,4-5,10-14H2,1-3H3. The van der Waals surface area contributed by atoms with Crippen LogP contribution in [0.5, 0.6) is 0 Å². The first kappa shape index (κ1) is 14.7. The van der Waals surface area contributed by atoms with Gasteiger partial charge >= 0.3 is 0 Å². The maximum atomic E-state index is 3.67. The molecule has 1 aromatic carbocycles. The van der Waals surface area contributed by atoms with Gasteiger partial charge in [-0.2, -0.15) is 0 Å². The minimum Gasteiger partial charge on any atom is -0.372 e. The fourth-order valence-corrected chi connectivity index (χ4v) is 3.41. The van der Waals surface area contributed by atoms with E-state index < -0.39 is 0 Å². The number of rotatable bonds is 2. The molecule has 1 aromatic rings. The van der Waals surface area contributed by atoms with E-state index in [1.54, 1.807) is 0 Å². The quantitative estimate of drug-likeness (QED) is 0.901. The van der Waals surface area contributed by atoms with Crippen molar-refractivity contribution in [3.05, 3.63) is 24.3 Å². The Morgan fingerprint density at radius 3 is 2.05 bits per heavy atom. The minimum atomic E-state index is 0.314. The maximum Gasteiger partial charge on any atom is 0.0368 e. The summed E-state index contributed by atoms with van der Waals surface area (Å²) in [5.74, 6) is 0. The lowest BCUT2D eigenvalue weighted by Gasteiger charge is -2.41. The molecule has 3 rings (SSSR count). The maximum absolute atomic E-state index is 3.67. The Kier molecular flexibility index (Phi) is 4.12. The van der Waals surface area contributed by atoms with Crippen molar-refractivity contribution >= 4 is 11.4 Å². The Labute approximate surface area is 129 Å². The topological polar surface area (TPSA) is 18.5 Å². The number of anilines is 2. The number of piperazine rings is 1. The molecule has 0 aliphatic carbocycles. The molecule has 2 aliphatic rings. The van der Waals surface area contributed by atoms with E-state index in [0.717, 1.165) is 19.6 Å². The van der Waals surface area contributed by atoms with Crippen molar-refractivity contribution in [2.45, 2.75) is 39.7 Å². The molecule has 0 aromatic heterocycles. The van der Waals surface area contributed by atoms with Gasteiger partial charge in [-0.1, -0.05) is 20.8 Å². The normalized spacial score (nSPS) is 23.7. The summed E-state index contributed by atoms with van der Waals surface area (Å²) < 4.78 is 0. The third-order valence-electron chi connectivity index (χ3n) is 4.91. The largest absolute Gasteiger partial charge is 0.372 e. The van der Waals surface area contributed by atoms with Gasteiger partial charge in [0.1, 0.15) is 0 Å². The van der Waals surface area contributed by atoms with E-state index in [4.69, 9.17) is 0 Å². The second-order valence-corrected chi connectivity index (χ2v) is 7.53. The van der Waals surface area contributed by atoms with Gasteiger partial charge in [-0.05, 0) is 42.5 Å². The van der Waals surface area contributed by atoms with Crippen LogP contribution in [0.1, 0.15) is 33.6 Å². The van der Waals surface area contributed by atoms with Gasteiger partial charge in [-0.25, -0.2) is 0 Å². The molecule has 0 bridgehead atoms. The highest BCUT2D eigenvalue weighted by Gasteiger charge is 2.29. The Morgan fingerprint density at radius 1 is 0.905 bits per heavy atom. The molecule has 1 atom stereocenters. The first-order valence-corrected chi connectivity index (χ1v) is 8.37. The highest BCUT2D eigenvalue weighted by molar-refractivity contribution is 5.57. The van der Waals surface area contributed by atoms with Gasteiger partial charge in [0, 0.05) is 50.1 Å². The van der Waals surface area contributed by atoms with Gasteiger partial charge < -0.3 is 15.1 Å². The monoisotopic (exact) mass is 287 g/mol. The van der Waals surface area contributed by atoms with E-state index in [2.05, 4.69) is 60.2 Å². The molecule has 0 amide bonds. The van der Waals surface area contributed by atoms with Crippen LogP contribution in [-0.4, -0.2) is 38.8 Å². The van der Waals surface area contributed by atoms with Crippen molar-refractivity contribution in [1.82, 2.24) is 5.32 Å². The summed E-state index contributed by atoms with van der Waals surface area (Å²) in [6, 6.07) is 9.77. The predicted octanol–water partition coefficient (Wildman–Crippen LogP) is 3.11. The van der Waals surface area contributed by atoms with E-state index in [1.807, 2.05) is 0 Å². The lowest BCUT2D eigenvalue weighted by molar-refractivity contribution is 0.254. The van der Waals surface area contributed by atoms with Gasteiger partial charge in [-0.15, -0.1) is 0 Å². The highest BCUT2D eigenvalue weighted by atomic mass is 15.2. The average molecular weight is 287 g/mol. The lowest BCUT2D eigenvalue weighted by atomic mass is 9.85. The van der Waals surface area contributed by atoms with Crippen molar-refractivity contribution in [3.63, 3.8) is 0 Å². The van der Waals surface area contributed by atoms with Crippen LogP contribution in [0.15, 0.2) is 24.3 Å². The number of nitrogens with one attached hydrogen (secondary N) is 1. The van der Waals surface area contributed by atoms with Gasteiger partial charge in [0.25, 0.3) is 0 Å². The zero-order valence-corrected chi connectivity index (χ0v) is 13.7. The Balaban J connectivity index is 1.68. The van der Waals surface area contributed by atoms with Crippen molar-refractivity contribution < 1.29 is 0 Å². The van der Waals surface area contributed by atoms with E-state index in [1.165, 1.54) is 37.3 Å². The lowest BCUT2D eigenvalue weighted by Crippen LogP contribution is -2.56. The van der Waals surface area contributed by atoms with Crippen LogP contribution in [0, 0.1) is 5.41 Å². The zero-order chi connectivity index (χ0) is 14.9. The van der Waals surface area contributed by atoms with E-state index >= 15 is 0 Å². The Bertz CT molecular complexity index is 454. The van der Waals surface area contributed by atoms with E-state index in [0.29, 0.717) is 11.5 Å². The molecule has 0 spiro atoms. The fraction of sp³-hybridized carbons (Fsp3) is 0.667. The molecule has 21 heavy (non-hydrogen) atoms. The van der Waals surface area contributed by atoms with Gasteiger partial charge in [0.2, 0.25) is 0 Å². The second-order valence-electron chi connectivity index (χ2n) is 7.53. The summed E-state index contributed by atoms with van der Waals surface area (Å²) in [4.78, 5) is 5.03. The van der Waals surface area contributed by atoms with Crippen LogP contribution in [0.4, 0.5) is 11.4 Å². The zero-order valence-electron chi connectivity index (χ0n) is 13.7. The molecule has 3 nitrogen and oxygen atoms in total. The number of nitrogens with zero attached hydrogens (tertiary/aromatic N) is 2. The molecule has 2 saturated heterocycles. The molecule has 2 heterocycles. The highest BCUT2D eigenvalue weighted by Crippen LogP contribution is 2.27.